The maximum atomic E-state index is 13.7. The Kier molecular flexibility index (Phi) is 5.97. The fourth-order valence-electron chi connectivity index (χ4n) is 5.48. The number of carbonyl (C=O) groups is 1. The standard InChI is InChI=1S/C29H27ClN4O3/c1-17(27-32-24-13-7-12-23(30)25(24)28(35)34(27)18-14-15-31-16-18)33(2)29(36)37-26-21-10-5-3-8-19(21)20-9-4-6-11-22(20)26/h3-13,17-18,26,31H,14-16H2,1-2H3/t17-,18?/m0/s1. The number of hydrogen-bond acceptors (Lipinski definition) is 5. The Labute approximate surface area is 219 Å². The number of aromatic nitrogens is 2. The van der Waals surface area contributed by atoms with E-state index < -0.39 is 18.2 Å². The summed E-state index contributed by atoms with van der Waals surface area (Å²) in [5.41, 5.74) is 4.40. The Balaban J connectivity index is 1.36. The van der Waals surface area contributed by atoms with Crippen molar-refractivity contribution in [3.05, 3.63) is 99.1 Å². The maximum absolute atomic E-state index is 13.7. The van der Waals surface area contributed by atoms with Crippen molar-refractivity contribution >= 4 is 28.6 Å². The van der Waals surface area contributed by atoms with E-state index in [0.717, 1.165) is 35.2 Å². The number of hydrogen-bond donors (Lipinski definition) is 1. The number of carbonyl (C=O) groups excluding carboxylic acids is 1. The molecular formula is C29H27ClN4O3. The number of amides is 1. The van der Waals surface area contributed by atoms with Crippen molar-refractivity contribution in [2.75, 3.05) is 20.1 Å². The van der Waals surface area contributed by atoms with Crippen LogP contribution in [0.25, 0.3) is 22.0 Å². The second kappa shape index (κ2) is 9.32. The van der Waals surface area contributed by atoms with Crippen molar-refractivity contribution in [2.45, 2.75) is 31.5 Å². The van der Waals surface area contributed by atoms with Crippen LogP contribution in [0.2, 0.25) is 5.02 Å². The zero-order chi connectivity index (χ0) is 25.7. The summed E-state index contributed by atoms with van der Waals surface area (Å²) >= 11 is 6.41. The summed E-state index contributed by atoms with van der Waals surface area (Å²) in [5, 5.41) is 4.09. The van der Waals surface area contributed by atoms with E-state index in [4.69, 9.17) is 21.3 Å². The topological polar surface area (TPSA) is 76.5 Å². The van der Waals surface area contributed by atoms with E-state index in [-0.39, 0.29) is 11.6 Å². The van der Waals surface area contributed by atoms with Crippen LogP contribution in [0.4, 0.5) is 4.79 Å². The van der Waals surface area contributed by atoms with Gasteiger partial charge >= 0.3 is 6.09 Å². The minimum atomic E-state index is -0.518. The first-order chi connectivity index (χ1) is 18.0. The summed E-state index contributed by atoms with van der Waals surface area (Å²) in [4.78, 5) is 33.6. The number of nitrogens with one attached hydrogen (secondary N) is 1. The first-order valence-corrected chi connectivity index (χ1v) is 12.9. The highest BCUT2D eigenvalue weighted by atomic mass is 35.5. The minimum absolute atomic E-state index is 0.0730. The molecule has 0 spiro atoms. The van der Waals surface area contributed by atoms with Gasteiger partial charge in [-0.15, -0.1) is 0 Å². The molecular weight excluding hydrogens is 488 g/mol. The molecule has 188 valence electrons. The van der Waals surface area contributed by atoms with E-state index in [1.807, 2.05) is 55.5 Å². The molecule has 8 heteroatoms. The minimum Gasteiger partial charge on any atom is -0.436 e. The predicted molar refractivity (Wildman–Crippen MR) is 144 cm³/mol. The average molecular weight is 515 g/mol. The van der Waals surface area contributed by atoms with Gasteiger partial charge in [0, 0.05) is 24.7 Å². The zero-order valence-corrected chi connectivity index (χ0v) is 21.4. The van der Waals surface area contributed by atoms with Crippen LogP contribution in [0.1, 0.15) is 48.5 Å². The highest BCUT2D eigenvalue weighted by Gasteiger charge is 2.34. The molecule has 1 aliphatic carbocycles. The molecule has 2 heterocycles. The largest absolute Gasteiger partial charge is 0.436 e. The highest BCUT2D eigenvalue weighted by molar-refractivity contribution is 6.35. The lowest BCUT2D eigenvalue weighted by atomic mass is 10.1. The lowest BCUT2D eigenvalue weighted by Gasteiger charge is -2.29. The molecule has 1 N–H and O–H groups in total. The molecule has 37 heavy (non-hydrogen) atoms. The number of benzene rings is 3. The van der Waals surface area contributed by atoms with Gasteiger partial charge in [0.1, 0.15) is 5.82 Å². The summed E-state index contributed by atoms with van der Waals surface area (Å²) in [7, 11) is 1.69. The van der Waals surface area contributed by atoms with Gasteiger partial charge in [-0.1, -0.05) is 66.2 Å². The van der Waals surface area contributed by atoms with Gasteiger partial charge in [-0.25, -0.2) is 9.78 Å². The van der Waals surface area contributed by atoms with Crippen molar-refractivity contribution in [3.8, 4) is 11.1 Å². The molecule has 2 aliphatic rings. The second-order valence-electron chi connectivity index (χ2n) is 9.65. The van der Waals surface area contributed by atoms with Gasteiger partial charge in [0.15, 0.2) is 6.10 Å². The quantitative estimate of drug-likeness (QED) is 0.390. The van der Waals surface area contributed by atoms with Crippen molar-refractivity contribution in [3.63, 3.8) is 0 Å². The van der Waals surface area contributed by atoms with Gasteiger partial charge in [0.05, 0.1) is 28.0 Å². The molecule has 4 aromatic rings. The number of halogens is 1. The summed E-state index contributed by atoms with van der Waals surface area (Å²) in [6, 6.07) is 20.6. The SMILES string of the molecule is C[C@@H](c1nc2cccc(Cl)c2c(=O)n1C1CCNC1)N(C)C(=O)OC1c2ccccc2-c2ccccc21. The third-order valence-electron chi connectivity index (χ3n) is 7.54. The molecule has 7 nitrogen and oxygen atoms in total. The van der Waals surface area contributed by atoms with E-state index in [1.54, 1.807) is 29.8 Å². The lowest BCUT2D eigenvalue weighted by molar-refractivity contribution is 0.0743. The van der Waals surface area contributed by atoms with Gasteiger partial charge in [-0.2, -0.15) is 0 Å². The molecule has 1 aromatic heterocycles. The number of rotatable bonds is 4. The molecule has 3 aromatic carbocycles. The van der Waals surface area contributed by atoms with Crippen molar-refractivity contribution in [1.29, 1.82) is 0 Å². The number of ether oxygens (including phenoxy) is 1. The van der Waals surface area contributed by atoms with Crippen LogP contribution in [0.15, 0.2) is 71.5 Å². The molecule has 0 radical (unpaired) electrons. The van der Waals surface area contributed by atoms with Crippen LogP contribution in [-0.2, 0) is 4.74 Å². The molecule has 0 bridgehead atoms. The fourth-order valence-corrected chi connectivity index (χ4v) is 5.73. The molecule has 1 unspecified atom stereocenters. The molecule has 6 rings (SSSR count). The Bertz CT molecular complexity index is 1530. The normalized spacial score (nSPS) is 17.4. The van der Waals surface area contributed by atoms with Gasteiger partial charge < -0.3 is 15.0 Å². The van der Waals surface area contributed by atoms with Gasteiger partial charge in [0.25, 0.3) is 5.56 Å². The third-order valence-corrected chi connectivity index (χ3v) is 7.86. The van der Waals surface area contributed by atoms with Crippen molar-refractivity contribution in [1.82, 2.24) is 19.8 Å². The highest BCUT2D eigenvalue weighted by Crippen LogP contribution is 2.45. The van der Waals surface area contributed by atoms with Gasteiger partial charge in [0.2, 0.25) is 0 Å². The molecule has 1 aliphatic heterocycles. The van der Waals surface area contributed by atoms with Gasteiger partial charge in [-0.3, -0.25) is 9.36 Å². The zero-order valence-electron chi connectivity index (χ0n) is 20.6. The Morgan fingerprint density at radius 1 is 1.08 bits per heavy atom. The first kappa shape index (κ1) is 23.7. The maximum Gasteiger partial charge on any atom is 0.411 e. The Hall–Kier alpha value is -3.68. The molecule has 0 saturated carbocycles. The average Bonchev–Trinajstić information content (AvgIpc) is 3.55. The molecule has 1 fully saturated rings. The van der Waals surface area contributed by atoms with Gasteiger partial charge in [-0.05, 0) is 43.1 Å². The third kappa shape index (κ3) is 3.90. The predicted octanol–water partition coefficient (Wildman–Crippen LogP) is 5.48. The van der Waals surface area contributed by atoms with E-state index in [9.17, 15) is 9.59 Å². The smallest absolute Gasteiger partial charge is 0.411 e. The second-order valence-corrected chi connectivity index (χ2v) is 10.1. The van der Waals surface area contributed by atoms with Crippen LogP contribution in [0.3, 0.4) is 0 Å². The first-order valence-electron chi connectivity index (χ1n) is 12.5. The summed E-state index contributed by atoms with van der Waals surface area (Å²) in [6.07, 6.45) is -0.194. The number of fused-ring (bicyclic) bond motifs is 4. The van der Waals surface area contributed by atoms with Crippen LogP contribution in [-0.4, -0.2) is 40.7 Å². The van der Waals surface area contributed by atoms with Crippen molar-refractivity contribution < 1.29 is 9.53 Å². The molecule has 1 saturated heterocycles. The van der Waals surface area contributed by atoms with Crippen LogP contribution < -0.4 is 10.9 Å². The summed E-state index contributed by atoms with van der Waals surface area (Å²) in [5.74, 6) is 0.514. The van der Waals surface area contributed by atoms with Crippen LogP contribution in [0.5, 0.6) is 0 Å². The fraction of sp³-hybridized carbons (Fsp3) is 0.276. The van der Waals surface area contributed by atoms with E-state index in [1.165, 1.54) is 4.90 Å². The van der Waals surface area contributed by atoms with E-state index in [0.29, 0.717) is 28.3 Å². The number of nitrogens with zero attached hydrogens (tertiary/aromatic N) is 3. The lowest BCUT2D eigenvalue weighted by Crippen LogP contribution is -2.38. The van der Waals surface area contributed by atoms with Crippen molar-refractivity contribution in [2.24, 2.45) is 0 Å². The monoisotopic (exact) mass is 514 g/mol. The van der Waals surface area contributed by atoms with Crippen LogP contribution in [0, 0.1) is 0 Å². The Morgan fingerprint density at radius 2 is 1.76 bits per heavy atom. The molecule has 1 amide bonds. The van der Waals surface area contributed by atoms with E-state index in [2.05, 4.69) is 5.32 Å². The van der Waals surface area contributed by atoms with E-state index >= 15 is 0 Å². The summed E-state index contributed by atoms with van der Waals surface area (Å²) < 4.78 is 7.82. The van der Waals surface area contributed by atoms with Crippen LogP contribution >= 0.6 is 11.6 Å². The molecule has 2 atom stereocenters. The summed E-state index contributed by atoms with van der Waals surface area (Å²) in [6.45, 7) is 3.33. The Morgan fingerprint density at radius 3 is 2.41 bits per heavy atom.